The molecule has 1 saturated heterocycles. The van der Waals surface area contributed by atoms with E-state index in [1.165, 1.54) is 23.4 Å². The number of carbonyl (C=O) groups is 1. The Bertz CT molecular complexity index is 917. The van der Waals surface area contributed by atoms with E-state index in [2.05, 4.69) is 21.2 Å². The Kier molecular flexibility index (Phi) is 4.76. The van der Waals surface area contributed by atoms with Crippen LogP contribution in [0.3, 0.4) is 0 Å². The maximum Gasteiger partial charge on any atom is 0.243 e. The highest BCUT2D eigenvalue weighted by atomic mass is 19.1. The van der Waals surface area contributed by atoms with Gasteiger partial charge < -0.3 is 20.2 Å². The minimum absolute atomic E-state index is 0.0764. The van der Waals surface area contributed by atoms with Crippen molar-refractivity contribution in [2.75, 3.05) is 36.4 Å². The molecule has 2 aromatic rings. The first kappa shape index (κ1) is 18.6. The predicted octanol–water partition coefficient (Wildman–Crippen LogP) is 3.27. The lowest BCUT2D eigenvalue weighted by molar-refractivity contribution is -0.115. The molecule has 0 radical (unpaired) electrons. The van der Waals surface area contributed by atoms with E-state index < -0.39 is 6.10 Å². The normalized spacial score (nSPS) is 24.1. The zero-order valence-electron chi connectivity index (χ0n) is 16.4. The zero-order valence-corrected chi connectivity index (χ0v) is 16.4. The smallest absolute Gasteiger partial charge is 0.243 e. The first-order valence-corrected chi connectivity index (χ1v) is 10.5. The van der Waals surface area contributed by atoms with Crippen LogP contribution < -0.4 is 10.2 Å². The van der Waals surface area contributed by atoms with Gasteiger partial charge in [0.15, 0.2) is 0 Å². The third-order valence-electron chi connectivity index (χ3n) is 6.61. The van der Waals surface area contributed by atoms with Crippen LogP contribution in [0.2, 0.25) is 0 Å². The van der Waals surface area contributed by atoms with Crippen molar-refractivity contribution in [1.29, 1.82) is 0 Å². The number of hydrogen-bond donors (Lipinski definition) is 2. The van der Waals surface area contributed by atoms with Crippen molar-refractivity contribution in [3.05, 3.63) is 59.4 Å². The van der Waals surface area contributed by atoms with Crippen molar-refractivity contribution < 1.29 is 14.3 Å². The van der Waals surface area contributed by atoms with E-state index in [1.807, 2.05) is 12.1 Å². The minimum atomic E-state index is -0.551. The molecule has 6 heteroatoms. The number of nitrogens with one attached hydrogen (secondary N) is 1. The molecule has 2 N–H and O–H groups in total. The standard InChI is InChI=1S/C23H26FN3O2/c24-16-8-6-15(7-9-16)21(28)5-2-11-26-12-10-20-18(13-26)17-3-1-4-19-23(17)27(20)14-22(29)25-19/h1,3-4,6-9,18,20-21,28H,2,5,10-14H2,(H,25,29)/t18-,20-,21+/m0/s1. The number of piperidine rings is 1. The lowest BCUT2D eigenvalue weighted by Gasteiger charge is -2.39. The van der Waals surface area contributed by atoms with Gasteiger partial charge in [-0.3, -0.25) is 4.79 Å². The number of likely N-dealkylation sites (tertiary alicyclic amines) is 1. The van der Waals surface area contributed by atoms with Crippen LogP contribution in [0.25, 0.3) is 0 Å². The molecule has 1 fully saturated rings. The largest absolute Gasteiger partial charge is 0.388 e. The topological polar surface area (TPSA) is 55.8 Å². The Morgan fingerprint density at radius 1 is 1.21 bits per heavy atom. The fourth-order valence-electron chi connectivity index (χ4n) is 5.24. The van der Waals surface area contributed by atoms with E-state index in [9.17, 15) is 14.3 Å². The van der Waals surface area contributed by atoms with Crippen LogP contribution in [0.4, 0.5) is 15.8 Å². The summed E-state index contributed by atoms with van der Waals surface area (Å²) in [6.45, 7) is 3.39. The lowest BCUT2D eigenvalue weighted by Crippen LogP contribution is -2.49. The van der Waals surface area contributed by atoms with Crippen LogP contribution in [0.15, 0.2) is 42.5 Å². The molecule has 29 heavy (non-hydrogen) atoms. The maximum absolute atomic E-state index is 13.0. The molecule has 0 bridgehead atoms. The molecule has 5 rings (SSSR count). The number of fused-ring (bicyclic) bond motifs is 3. The number of aliphatic hydroxyl groups excluding tert-OH is 1. The fraction of sp³-hybridized carbons (Fsp3) is 0.435. The van der Waals surface area contributed by atoms with Gasteiger partial charge in [-0.25, -0.2) is 4.39 Å². The molecule has 3 heterocycles. The highest BCUT2D eigenvalue weighted by Gasteiger charge is 2.44. The van der Waals surface area contributed by atoms with Crippen molar-refractivity contribution in [3.63, 3.8) is 0 Å². The molecule has 0 saturated carbocycles. The molecule has 3 atom stereocenters. The van der Waals surface area contributed by atoms with Gasteiger partial charge in [0.1, 0.15) is 5.82 Å². The number of aliphatic hydroxyl groups is 1. The van der Waals surface area contributed by atoms with E-state index in [-0.39, 0.29) is 11.7 Å². The van der Waals surface area contributed by atoms with E-state index >= 15 is 0 Å². The summed E-state index contributed by atoms with van der Waals surface area (Å²) in [5.74, 6) is 0.222. The first-order chi connectivity index (χ1) is 14.1. The van der Waals surface area contributed by atoms with Gasteiger partial charge in [-0.2, -0.15) is 0 Å². The molecule has 0 spiro atoms. The second-order valence-electron chi connectivity index (χ2n) is 8.39. The van der Waals surface area contributed by atoms with Crippen molar-refractivity contribution in [2.24, 2.45) is 0 Å². The minimum Gasteiger partial charge on any atom is -0.388 e. The number of benzene rings is 2. The number of nitrogens with zero attached hydrogens (tertiary/aromatic N) is 2. The summed E-state index contributed by atoms with van der Waals surface area (Å²) >= 11 is 0. The summed E-state index contributed by atoms with van der Waals surface area (Å²) in [6, 6.07) is 12.7. The molecular weight excluding hydrogens is 369 g/mol. The molecule has 0 aromatic heterocycles. The number of carbonyl (C=O) groups excluding carboxylic acids is 1. The summed E-state index contributed by atoms with van der Waals surface area (Å²) in [7, 11) is 0. The second kappa shape index (κ2) is 7.43. The number of anilines is 2. The van der Waals surface area contributed by atoms with Crippen LogP contribution in [-0.2, 0) is 4.79 Å². The molecule has 1 amide bonds. The van der Waals surface area contributed by atoms with Gasteiger partial charge in [0.25, 0.3) is 0 Å². The Balaban J connectivity index is 1.21. The Hall–Kier alpha value is -2.44. The Labute approximate surface area is 170 Å². The molecule has 3 aliphatic rings. The number of para-hydroxylation sites is 1. The van der Waals surface area contributed by atoms with E-state index in [0.717, 1.165) is 43.7 Å². The van der Waals surface area contributed by atoms with E-state index in [4.69, 9.17) is 0 Å². The summed E-state index contributed by atoms with van der Waals surface area (Å²) in [6.07, 6.45) is 2.06. The quantitative estimate of drug-likeness (QED) is 0.816. The molecule has 5 nitrogen and oxygen atoms in total. The third kappa shape index (κ3) is 3.40. The van der Waals surface area contributed by atoms with Gasteiger partial charge in [0.2, 0.25) is 5.91 Å². The van der Waals surface area contributed by atoms with Gasteiger partial charge in [0.05, 0.1) is 24.0 Å². The maximum atomic E-state index is 13.0. The molecule has 0 unspecified atom stereocenters. The summed E-state index contributed by atoms with van der Waals surface area (Å²) in [5, 5.41) is 13.4. The highest BCUT2D eigenvalue weighted by molar-refractivity contribution is 6.03. The molecule has 2 aromatic carbocycles. The predicted molar refractivity (Wildman–Crippen MR) is 111 cm³/mol. The average Bonchev–Trinajstić information content (AvgIpc) is 3.03. The number of halogens is 1. The average molecular weight is 395 g/mol. The summed E-state index contributed by atoms with van der Waals surface area (Å²) in [4.78, 5) is 16.9. The van der Waals surface area contributed by atoms with Crippen molar-refractivity contribution in [1.82, 2.24) is 4.90 Å². The van der Waals surface area contributed by atoms with Gasteiger partial charge in [-0.15, -0.1) is 0 Å². The Morgan fingerprint density at radius 2 is 2.03 bits per heavy atom. The van der Waals surface area contributed by atoms with Gasteiger partial charge in [-0.1, -0.05) is 24.3 Å². The van der Waals surface area contributed by atoms with Crippen LogP contribution >= 0.6 is 0 Å². The summed E-state index contributed by atoms with van der Waals surface area (Å²) < 4.78 is 13.0. The van der Waals surface area contributed by atoms with E-state index in [1.54, 1.807) is 12.1 Å². The number of amides is 1. The molecule has 152 valence electrons. The molecule has 0 aliphatic carbocycles. The Morgan fingerprint density at radius 3 is 2.86 bits per heavy atom. The van der Waals surface area contributed by atoms with Crippen LogP contribution in [0.5, 0.6) is 0 Å². The van der Waals surface area contributed by atoms with Crippen LogP contribution in [-0.4, -0.2) is 48.1 Å². The van der Waals surface area contributed by atoms with Crippen molar-refractivity contribution in [3.8, 4) is 0 Å². The van der Waals surface area contributed by atoms with E-state index in [0.29, 0.717) is 24.9 Å². The SMILES string of the molecule is O=C1CN2c3c(cccc3[C@@H]3CN(CCC[C@@H](O)c4ccc(F)cc4)CC[C@@H]32)N1. The third-order valence-corrected chi connectivity index (χ3v) is 6.61. The number of rotatable bonds is 5. The van der Waals surface area contributed by atoms with Crippen LogP contribution in [0, 0.1) is 5.82 Å². The van der Waals surface area contributed by atoms with Gasteiger partial charge in [-0.05, 0) is 55.1 Å². The zero-order chi connectivity index (χ0) is 20.0. The monoisotopic (exact) mass is 395 g/mol. The first-order valence-electron chi connectivity index (χ1n) is 10.5. The number of hydrogen-bond acceptors (Lipinski definition) is 4. The summed E-state index contributed by atoms with van der Waals surface area (Å²) in [5.41, 5.74) is 4.29. The fourth-order valence-corrected chi connectivity index (χ4v) is 5.24. The van der Waals surface area contributed by atoms with Gasteiger partial charge >= 0.3 is 0 Å². The lowest BCUT2D eigenvalue weighted by atomic mass is 9.89. The van der Waals surface area contributed by atoms with Gasteiger partial charge in [0, 0.05) is 25.0 Å². The van der Waals surface area contributed by atoms with Crippen molar-refractivity contribution >= 4 is 17.3 Å². The molecule has 3 aliphatic heterocycles. The van der Waals surface area contributed by atoms with Crippen LogP contribution in [0.1, 0.15) is 42.4 Å². The highest BCUT2D eigenvalue weighted by Crippen LogP contribution is 2.49. The molecular formula is C23H26FN3O2. The van der Waals surface area contributed by atoms with Crippen molar-refractivity contribution in [2.45, 2.75) is 37.3 Å². The second-order valence-corrected chi connectivity index (χ2v) is 8.39.